The number of nitrogens with one attached hydrogen (secondary N) is 1. The number of rotatable bonds is 5. The molecule has 0 radical (unpaired) electrons. The third-order valence-electron chi connectivity index (χ3n) is 3.78. The Morgan fingerprint density at radius 1 is 1.38 bits per heavy atom. The molecule has 2 heterocycles. The molecule has 0 aliphatic carbocycles. The van der Waals surface area contributed by atoms with Crippen LogP contribution in [-0.2, 0) is 12.8 Å². The van der Waals surface area contributed by atoms with E-state index in [0.29, 0.717) is 29.1 Å². The number of H-pyrrole nitrogens is 1. The second-order valence-electron chi connectivity index (χ2n) is 6.29. The first-order valence-electron chi connectivity index (χ1n) is 7.82. The summed E-state index contributed by atoms with van der Waals surface area (Å²) < 4.78 is 0. The van der Waals surface area contributed by atoms with Gasteiger partial charge in [0, 0.05) is 12.0 Å². The zero-order valence-corrected chi connectivity index (χ0v) is 14.4. The maximum absolute atomic E-state index is 12.5. The Balaban J connectivity index is 1.95. The first-order chi connectivity index (χ1) is 11.4. The first-order valence-corrected chi connectivity index (χ1v) is 8.70. The normalized spacial score (nSPS) is 11.3. The Bertz CT molecular complexity index is 956. The molecule has 0 saturated carbocycles. The van der Waals surface area contributed by atoms with Crippen LogP contribution in [0.25, 0.3) is 10.2 Å². The van der Waals surface area contributed by atoms with Gasteiger partial charge in [-0.1, -0.05) is 26.0 Å². The molecule has 0 bridgehead atoms. The van der Waals surface area contributed by atoms with Crippen LogP contribution < -0.4 is 11.3 Å². The molecule has 5 nitrogen and oxygen atoms in total. The fraction of sp³-hybridized carbons (Fsp3) is 0.278. The molecule has 0 aliphatic rings. The summed E-state index contributed by atoms with van der Waals surface area (Å²) in [5.41, 5.74) is 7.60. The molecule has 0 unspecified atom stereocenters. The number of nitrogens with two attached hydrogens (primary N) is 1. The lowest BCUT2D eigenvalue weighted by Gasteiger charge is -2.05. The van der Waals surface area contributed by atoms with Gasteiger partial charge in [-0.2, -0.15) is 0 Å². The summed E-state index contributed by atoms with van der Waals surface area (Å²) in [6.45, 7) is 4.26. The van der Waals surface area contributed by atoms with Gasteiger partial charge in [0.1, 0.15) is 10.7 Å². The van der Waals surface area contributed by atoms with Crippen molar-refractivity contribution in [2.75, 3.05) is 0 Å². The second-order valence-corrected chi connectivity index (χ2v) is 7.15. The minimum Gasteiger partial charge on any atom is -0.366 e. The van der Waals surface area contributed by atoms with Crippen molar-refractivity contribution in [1.82, 2.24) is 9.97 Å². The molecule has 2 aromatic heterocycles. The van der Waals surface area contributed by atoms with E-state index in [-0.39, 0.29) is 5.56 Å². The molecule has 1 aromatic carbocycles. The number of fused-ring (bicyclic) bond motifs is 1. The van der Waals surface area contributed by atoms with Crippen LogP contribution in [0.4, 0.5) is 0 Å². The molecule has 0 atom stereocenters. The monoisotopic (exact) mass is 341 g/mol. The minimum atomic E-state index is -0.467. The lowest BCUT2D eigenvalue weighted by Crippen LogP contribution is -2.14. The summed E-state index contributed by atoms with van der Waals surface area (Å²) in [6.07, 6.45) is 1.31. The number of amides is 1. The molecule has 3 aromatic rings. The van der Waals surface area contributed by atoms with E-state index in [9.17, 15) is 9.59 Å². The number of hydrogen-bond donors (Lipinski definition) is 2. The smallest absolute Gasteiger partial charge is 0.259 e. The predicted molar refractivity (Wildman–Crippen MR) is 96.5 cm³/mol. The molecule has 124 valence electrons. The topological polar surface area (TPSA) is 88.8 Å². The van der Waals surface area contributed by atoms with Crippen molar-refractivity contribution < 1.29 is 4.79 Å². The molecule has 0 spiro atoms. The van der Waals surface area contributed by atoms with E-state index in [4.69, 9.17) is 5.73 Å². The molecule has 6 heteroatoms. The standard InChI is InChI=1S/C18H19N3O2S/c1-10(2)6-13-9-24-18-15(13)17(23)20-14(21-18)8-11-4-3-5-12(7-11)16(19)22/h3-5,7,9-10H,6,8H2,1-2H3,(H2,19,22)(H,20,21,23). The van der Waals surface area contributed by atoms with Crippen LogP contribution in [0, 0.1) is 5.92 Å². The first kappa shape index (κ1) is 16.4. The van der Waals surface area contributed by atoms with Crippen molar-refractivity contribution in [3.05, 3.63) is 62.5 Å². The zero-order valence-electron chi connectivity index (χ0n) is 13.6. The zero-order chi connectivity index (χ0) is 17.3. The predicted octanol–water partition coefficient (Wildman–Crippen LogP) is 2.87. The summed E-state index contributed by atoms with van der Waals surface area (Å²) >= 11 is 1.50. The van der Waals surface area contributed by atoms with Crippen molar-refractivity contribution in [1.29, 1.82) is 0 Å². The van der Waals surface area contributed by atoms with Gasteiger partial charge in [-0.15, -0.1) is 11.3 Å². The van der Waals surface area contributed by atoms with Crippen molar-refractivity contribution in [2.45, 2.75) is 26.7 Å². The van der Waals surface area contributed by atoms with Crippen LogP contribution in [0.1, 0.15) is 41.2 Å². The van der Waals surface area contributed by atoms with Gasteiger partial charge in [-0.05, 0) is 41.0 Å². The number of thiophene rings is 1. The van der Waals surface area contributed by atoms with Crippen LogP contribution in [-0.4, -0.2) is 15.9 Å². The summed E-state index contributed by atoms with van der Waals surface area (Å²) in [6, 6.07) is 7.06. The lowest BCUT2D eigenvalue weighted by atomic mass is 10.0. The van der Waals surface area contributed by atoms with Crippen LogP contribution in [0.3, 0.4) is 0 Å². The third kappa shape index (κ3) is 3.38. The Hall–Kier alpha value is -2.47. The molecule has 0 fully saturated rings. The van der Waals surface area contributed by atoms with E-state index < -0.39 is 5.91 Å². The molecule has 3 rings (SSSR count). The van der Waals surface area contributed by atoms with E-state index in [1.54, 1.807) is 18.2 Å². The van der Waals surface area contributed by atoms with Gasteiger partial charge in [0.05, 0.1) is 5.39 Å². The van der Waals surface area contributed by atoms with Gasteiger partial charge in [0.2, 0.25) is 5.91 Å². The lowest BCUT2D eigenvalue weighted by molar-refractivity contribution is 0.1000. The third-order valence-corrected chi connectivity index (χ3v) is 4.70. The van der Waals surface area contributed by atoms with Crippen LogP contribution >= 0.6 is 11.3 Å². The fourth-order valence-electron chi connectivity index (χ4n) is 2.75. The molecular formula is C18H19N3O2S. The maximum Gasteiger partial charge on any atom is 0.259 e. The van der Waals surface area contributed by atoms with Crippen molar-refractivity contribution in [2.24, 2.45) is 11.7 Å². The van der Waals surface area contributed by atoms with E-state index in [1.165, 1.54) is 11.3 Å². The highest BCUT2D eigenvalue weighted by molar-refractivity contribution is 7.16. The number of aromatic amines is 1. The van der Waals surface area contributed by atoms with Gasteiger partial charge < -0.3 is 10.7 Å². The Morgan fingerprint density at radius 2 is 2.17 bits per heavy atom. The summed E-state index contributed by atoms with van der Waals surface area (Å²) in [5.74, 6) is 0.607. The van der Waals surface area contributed by atoms with Gasteiger partial charge in [-0.3, -0.25) is 9.59 Å². The summed E-state index contributed by atoms with van der Waals surface area (Å²) in [7, 11) is 0. The SMILES string of the molecule is CC(C)Cc1csc2nc(Cc3cccc(C(N)=O)c3)[nH]c(=O)c12. The Kier molecular flexibility index (Phi) is 4.49. The quantitative estimate of drug-likeness (QED) is 0.748. The molecule has 0 aliphatic heterocycles. The van der Waals surface area contributed by atoms with E-state index in [2.05, 4.69) is 23.8 Å². The second kappa shape index (κ2) is 6.57. The molecule has 0 saturated heterocycles. The average Bonchev–Trinajstić information content (AvgIpc) is 2.90. The number of benzene rings is 1. The Morgan fingerprint density at radius 3 is 2.88 bits per heavy atom. The molecule has 24 heavy (non-hydrogen) atoms. The van der Waals surface area contributed by atoms with Crippen molar-refractivity contribution in [3.8, 4) is 0 Å². The van der Waals surface area contributed by atoms with Crippen molar-refractivity contribution in [3.63, 3.8) is 0 Å². The minimum absolute atomic E-state index is 0.0991. The van der Waals surface area contributed by atoms with Gasteiger partial charge in [0.25, 0.3) is 5.56 Å². The molecular weight excluding hydrogens is 322 g/mol. The van der Waals surface area contributed by atoms with Crippen LogP contribution in [0.5, 0.6) is 0 Å². The van der Waals surface area contributed by atoms with Crippen LogP contribution in [0.15, 0.2) is 34.4 Å². The highest BCUT2D eigenvalue weighted by atomic mass is 32.1. The number of carbonyl (C=O) groups excluding carboxylic acids is 1. The molecule has 1 amide bonds. The van der Waals surface area contributed by atoms with Gasteiger partial charge in [0.15, 0.2) is 0 Å². The highest BCUT2D eigenvalue weighted by Gasteiger charge is 2.13. The van der Waals surface area contributed by atoms with Crippen LogP contribution in [0.2, 0.25) is 0 Å². The largest absolute Gasteiger partial charge is 0.366 e. The summed E-state index contributed by atoms with van der Waals surface area (Å²) in [4.78, 5) is 32.0. The van der Waals surface area contributed by atoms with Gasteiger partial charge >= 0.3 is 0 Å². The van der Waals surface area contributed by atoms with E-state index in [1.807, 2.05) is 11.4 Å². The van der Waals surface area contributed by atoms with Gasteiger partial charge in [-0.25, -0.2) is 4.98 Å². The maximum atomic E-state index is 12.5. The van der Waals surface area contributed by atoms with Crippen molar-refractivity contribution >= 4 is 27.5 Å². The number of nitrogens with zero attached hydrogens (tertiary/aromatic N) is 1. The number of carbonyl (C=O) groups is 1. The molecule has 3 N–H and O–H groups in total. The average molecular weight is 341 g/mol. The number of aromatic nitrogens is 2. The highest BCUT2D eigenvalue weighted by Crippen LogP contribution is 2.24. The van der Waals surface area contributed by atoms with E-state index >= 15 is 0 Å². The fourth-order valence-corrected chi connectivity index (χ4v) is 3.73. The Labute approximate surface area is 143 Å². The number of hydrogen-bond acceptors (Lipinski definition) is 4. The summed E-state index contributed by atoms with van der Waals surface area (Å²) in [5, 5.41) is 2.72. The van der Waals surface area contributed by atoms with E-state index in [0.717, 1.165) is 22.4 Å². The number of primary amides is 1.